The smallest absolute Gasteiger partial charge is 0.271 e. The van der Waals surface area contributed by atoms with Crippen LogP contribution in [0.4, 0.5) is 0 Å². The zero-order chi connectivity index (χ0) is 16.2. The van der Waals surface area contributed by atoms with E-state index in [4.69, 9.17) is 0 Å². The molecule has 3 rings (SSSR count). The molecule has 3 heterocycles. The molecule has 2 aliphatic heterocycles. The number of carbonyl (C=O) groups excluding carboxylic acids is 1. The van der Waals surface area contributed by atoms with Crippen LogP contribution in [0.1, 0.15) is 62.1 Å². The highest BCUT2D eigenvalue weighted by atomic mass is 16.1. The Labute approximate surface area is 139 Å². The van der Waals surface area contributed by atoms with E-state index in [0.29, 0.717) is 23.6 Å². The number of aromatic amines is 1. The van der Waals surface area contributed by atoms with Crippen LogP contribution in [0.2, 0.25) is 0 Å². The fourth-order valence-corrected chi connectivity index (χ4v) is 4.15. The van der Waals surface area contributed by atoms with Gasteiger partial charge in [-0.2, -0.15) is 5.10 Å². The maximum absolute atomic E-state index is 12.3. The van der Waals surface area contributed by atoms with Gasteiger partial charge < -0.3 is 10.2 Å². The Morgan fingerprint density at radius 2 is 2.17 bits per heavy atom. The molecule has 128 valence electrons. The number of aromatic nitrogens is 2. The van der Waals surface area contributed by atoms with Crippen molar-refractivity contribution in [2.24, 2.45) is 11.8 Å². The Morgan fingerprint density at radius 3 is 3.00 bits per heavy atom. The highest BCUT2D eigenvalue weighted by molar-refractivity contribution is 5.92. The third-order valence-electron chi connectivity index (χ3n) is 5.25. The molecular weight excluding hydrogens is 288 g/mol. The summed E-state index contributed by atoms with van der Waals surface area (Å²) in [7, 11) is 0. The van der Waals surface area contributed by atoms with Gasteiger partial charge in [0.15, 0.2) is 0 Å². The number of H-pyrrole nitrogens is 1. The quantitative estimate of drug-likeness (QED) is 0.877. The van der Waals surface area contributed by atoms with Crippen LogP contribution < -0.4 is 5.32 Å². The molecule has 0 radical (unpaired) electrons. The van der Waals surface area contributed by atoms with Crippen molar-refractivity contribution in [3.63, 3.8) is 0 Å². The maximum Gasteiger partial charge on any atom is 0.271 e. The van der Waals surface area contributed by atoms with Gasteiger partial charge >= 0.3 is 0 Å². The minimum atomic E-state index is -0.0378. The molecule has 2 N–H and O–H groups in total. The van der Waals surface area contributed by atoms with Crippen LogP contribution >= 0.6 is 0 Å². The van der Waals surface area contributed by atoms with Crippen molar-refractivity contribution in [3.8, 4) is 0 Å². The summed E-state index contributed by atoms with van der Waals surface area (Å²) in [5.41, 5.74) is 1.57. The molecule has 0 spiro atoms. The number of hydrogen-bond acceptors (Lipinski definition) is 3. The van der Waals surface area contributed by atoms with Gasteiger partial charge in [0.25, 0.3) is 5.91 Å². The van der Waals surface area contributed by atoms with Crippen molar-refractivity contribution in [2.75, 3.05) is 19.6 Å². The predicted molar refractivity (Wildman–Crippen MR) is 91.4 cm³/mol. The van der Waals surface area contributed by atoms with E-state index < -0.39 is 0 Å². The lowest BCUT2D eigenvalue weighted by molar-refractivity contribution is 0.0575. The number of carbonyl (C=O) groups is 1. The van der Waals surface area contributed by atoms with Crippen molar-refractivity contribution < 1.29 is 4.79 Å². The number of fused-ring (bicyclic) bond motifs is 1. The second kappa shape index (κ2) is 7.47. The Balaban J connectivity index is 1.52. The topological polar surface area (TPSA) is 61.0 Å². The molecule has 2 saturated heterocycles. The molecule has 2 unspecified atom stereocenters. The van der Waals surface area contributed by atoms with Crippen LogP contribution in [0.15, 0.2) is 6.07 Å². The van der Waals surface area contributed by atoms with Crippen LogP contribution in [-0.4, -0.2) is 46.7 Å². The van der Waals surface area contributed by atoms with E-state index in [1.165, 1.54) is 45.2 Å². The first-order chi connectivity index (χ1) is 11.1. The van der Waals surface area contributed by atoms with E-state index in [1.807, 2.05) is 6.07 Å². The summed E-state index contributed by atoms with van der Waals surface area (Å²) < 4.78 is 0. The monoisotopic (exact) mass is 318 g/mol. The highest BCUT2D eigenvalue weighted by Crippen LogP contribution is 2.30. The van der Waals surface area contributed by atoms with Crippen molar-refractivity contribution in [2.45, 2.75) is 58.4 Å². The summed E-state index contributed by atoms with van der Waals surface area (Å²) in [6, 6.07) is 2.57. The van der Waals surface area contributed by atoms with Crippen LogP contribution in [0.25, 0.3) is 0 Å². The van der Waals surface area contributed by atoms with E-state index in [0.717, 1.165) is 18.7 Å². The fourth-order valence-electron chi connectivity index (χ4n) is 4.15. The lowest BCUT2D eigenvalue weighted by atomic mass is 9.83. The molecule has 5 nitrogen and oxygen atoms in total. The molecule has 0 aromatic carbocycles. The van der Waals surface area contributed by atoms with E-state index in [2.05, 4.69) is 34.3 Å². The molecule has 0 saturated carbocycles. The van der Waals surface area contributed by atoms with Gasteiger partial charge in [-0.3, -0.25) is 9.89 Å². The van der Waals surface area contributed by atoms with Gasteiger partial charge in [-0.25, -0.2) is 0 Å². The molecule has 2 atom stereocenters. The number of nitrogens with zero attached hydrogens (tertiary/aromatic N) is 2. The SMILES string of the molecule is CC(C)Cc1cc(C(=O)NCC2CCCN3CCCCC23)n[nH]1. The second-order valence-electron chi connectivity index (χ2n) is 7.59. The predicted octanol–water partition coefficient (Wildman–Crippen LogP) is 2.60. The summed E-state index contributed by atoms with van der Waals surface area (Å²) in [6.45, 7) is 7.60. The van der Waals surface area contributed by atoms with Crippen LogP contribution in [0, 0.1) is 11.8 Å². The van der Waals surface area contributed by atoms with Crippen LogP contribution in [0.3, 0.4) is 0 Å². The number of hydrogen-bond donors (Lipinski definition) is 2. The Morgan fingerprint density at radius 1 is 1.35 bits per heavy atom. The minimum absolute atomic E-state index is 0.0378. The van der Waals surface area contributed by atoms with E-state index in [1.54, 1.807) is 0 Å². The highest BCUT2D eigenvalue weighted by Gasteiger charge is 2.33. The number of rotatable bonds is 5. The Kier molecular flexibility index (Phi) is 5.36. The lowest BCUT2D eigenvalue weighted by Crippen LogP contribution is -2.51. The standard InChI is InChI=1S/C18H30N4O/c1-13(2)10-15-11-16(21-20-15)18(23)19-12-14-6-5-9-22-8-4-3-7-17(14)22/h11,13-14,17H,3-10,12H2,1-2H3,(H,19,23)(H,20,21). The largest absolute Gasteiger partial charge is 0.350 e. The summed E-state index contributed by atoms with van der Waals surface area (Å²) in [4.78, 5) is 15.0. The number of nitrogens with one attached hydrogen (secondary N) is 2. The zero-order valence-corrected chi connectivity index (χ0v) is 14.5. The van der Waals surface area contributed by atoms with E-state index in [-0.39, 0.29) is 5.91 Å². The molecular formula is C18H30N4O. The Bertz CT molecular complexity index is 523. The molecule has 5 heteroatoms. The molecule has 0 bridgehead atoms. The third-order valence-corrected chi connectivity index (χ3v) is 5.25. The van der Waals surface area contributed by atoms with Gasteiger partial charge in [0.05, 0.1) is 0 Å². The van der Waals surface area contributed by atoms with Crippen LogP contribution in [0.5, 0.6) is 0 Å². The first kappa shape index (κ1) is 16.5. The van der Waals surface area contributed by atoms with Gasteiger partial charge in [-0.1, -0.05) is 20.3 Å². The van der Waals surface area contributed by atoms with Gasteiger partial charge in [-0.05, 0) is 63.1 Å². The second-order valence-corrected chi connectivity index (χ2v) is 7.59. The molecule has 1 aromatic heterocycles. The van der Waals surface area contributed by atoms with Crippen molar-refractivity contribution >= 4 is 5.91 Å². The third kappa shape index (κ3) is 4.14. The molecule has 1 amide bonds. The first-order valence-corrected chi connectivity index (χ1v) is 9.20. The number of amides is 1. The van der Waals surface area contributed by atoms with Gasteiger partial charge in [0, 0.05) is 18.3 Å². The average Bonchev–Trinajstić information content (AvgIpc) is 3.00. The molecule has 0 aliphatic carbocycles. The van der Waals surface area contributed by atoms with Gasteiger partial charge in [0.2, 0.25) is 0 Å². The van der Waals surface area contributed by atoms with Crippen LogP contribution in [-0.2, 0) is 6.42 Å². The summed E-state index contributed by atoms with van der Waals surface area (Å²) in [5, 5.41) is 10.3. The lowest BCUT2D eigenvalue weighted by Gasteiger charge is -2.44. The first-order valence-electron chi connectivity index (χ1n) is 9.20. The van der Waals surface area contributed by atoms with Gasteiger partial charge in [-0.15, -0.1) is 0 Å². The Hall–Kier alpha value is -1.36. The molecule has 1 aromatic rings. The van der Waals surface area contributed by atoms with Gasteiger partial charge in [0.1, 0.15) is 5.69 Å². The number of piperidine rings is 2. The van der Waals surface area contributed by atoms with Crippen molar-refractivity contribution in [3.05, 3.63) is 17.5 Å². The summed E-state index contributed by atoms with van der Waals surface area (Å²) >= 11 is 0. The summed E-state index contributed by atoms with van der Waals surface area (Å²) in [5.74, 6) is 1.12. The average molecular weight is 318 g/mol. The maximum atomic E-state index is 12.3. The van der Waals surface area contributed by atoms with Crippen molar-refractivity contribution in [1.82, 2.24) is 20.4 Å². The molecule has 23 heavy (non-hydrogen) atoms. The van der Waals surface area contributed by atoms with Crippen molar-refractivity contribution in [1.29, 1.82) is 0 Å². The minimum Gasteiger partial charge on any atom is -0.350 e. The fraction of sp³-hybridized carbons (Fsp3) is 0.778. The summed E-state index contributed by atoms with van der Waals surface area (Å²) in [6.07, 6.45) is 7.39. The molecule has 2 aliphatic rings. The normalized spacial score (nSPS) is 25.3. The zero-order valence-electron chi connectivity index (χ0n) is 14.5. The van der Waals surface area contributed by atoms with E-state index in [9.17, 15) is 4.79 Å². The molecule has 2 fully saturated rings. The van der Waals surface area contributed by atoms with E-state index >= 15 is 0 Å².